The van der Waals surface area contributed by atoms with Gasteiger partial charge in [0, 0.05) is 21.2 Å². The van der Waals surface area contributed by atoms with Crippen LogP contribution in [0.4, 0.5) is 0 Å². The molecule has 0 saturated carbocycles. The molecule has 0 saturated heterocycles. The van der Waals surface area contributed by atoms with E-state index in [0.29, 0.717) is 32.0 Å². The van der Waals surface area contributed by atoms with Crippen LogP contribution in [-0.4, -0.2) is 20.9 Å². The van der Waals surface area contributed by atoms with Crippen molar-refractivity contribution in [2.75, 3.05) is 0 Å². The van der Waals surface area contributed by atoms with Gasteiger partial charge in [-0.15, -0.1) is 0 Å². The van der Waals surface area contributed by atoms with E-state index < -0.39 is 0 Å². The highest BCUT2D eigenvalue weighted by Crippen LogP contribution is 2.35. The second-order valence-corrected chi connectivity index (χ2v) is 8.54. The Morgan fingerprint density at radius 3 is 2.25 bits per heavy atom. The maximum absolute atomic E-state index is 12.7. The minimum Gasteiger partial charge on any atom is -0.348 e. The Kier molecular flexibility index (Phi) is 6.80. The Bertz CT molecular complexity index is 1240. The van der Waals surface area contributed by atoms with Crippen molar-refractivity contribution in [2.45, 2.75) is 19.5 Å². The maximum Gasteiger partial charge on any atom is 0.244 e. The number of carbonyl (C=O) groups is 1. The Morgan fingerprint density at radius 1 is 0.906 bits per heavy atom. The third-order valence-corrected chi connectivity index (χ3v) is 5.72. The Hall–Kier alpha value is -2.86. The number of carbonyl (C=O) groups excluding carboxylic acids is 1. The van der Waals surface area contributed by atoms with Crippen LogP contribution in [0.5, 0.6) is 0 Å². The van der Waals surface area contributed by atoms with E-state index in [1.807, 2.05) is 49.4 Å². The fourth-order valence-electron chi connectivity index (χ4n) is 3.32. The first-order valence-corrected chi connectivity index (χ1v) is 11.0. The summed E-state index contributed by atoms with van der Waals surface area (Å²) >= 11 is 18.5. The van der Waals surface area contributed by atoms with Crippen LogP contribution in [-0.2, 0) is 11.3 Å². The highest BCUT2D eigenvalue weighted by Gasteiger charge is 2.19. The van der Waals surface area contributed by atoms with Gasteiger partial charge in [-0.25, -0.2) is 0 Å². The lowest BCUT2D eigenvalue weighted by molar-refractivity contribution is -0.122. The highest BCUT2D eigenvalue weighted by molar-refractivity contribution is 6.36. The molecule has 1 aromatic heterocycles. The van der Waals surface area contributed by atoms with Crippen LogP contribution in [0.25, 0.3) is 22.5 Å². The second kappa shape index (κ2) is 9.74. The first kappa shape index (κ1) is 22.3. The lowest BCUT2D eigenvalue weighted by Gasteiger charge is -2.13. The number of halogens is 3. The maximum atomic E-state index is 12.7. The molecule has 4 aromatic rings. The lowest BCUT2D eigenvalue weighted by atomic mass is 10.1. The van der Waals surface area contributed by atoms with Crippen molar-refractivity contribution in [3.05, 3.63) is 93.4 Å². The van der Waals surface area contributed by atoms with E-state index in [-0.39, 0.29) is 18.5 Å². The summed E-state index contributed by atoms with van der Waals surface area (Å²) in [4.78, 5) is 14.0. The van der Waals surface area contributed by atoms with Crippen molar-refractivity contribution < 1.29 is 4.79 Å². The summed E-state index contributed by atoms with van der Waals surface area (Å²) in [6, 6.07) is 22.0. The summed E-state index contributed by atoms with van der Waals surface area (Å²) in [6.07, 6.45) is 0. The molecule has 8 heteroatoms. The first-order chi connectivity index (χ1) is 15.4. The van der Waals surface area contributed by atoms with E-state index in [9.17, 15) is 4.79 Å². The van der Waals surface area contributed by atoms with E-state index in [2.05, 4.69) is 15.5 Å². The lowest BCUT2D eigenvalue weighted by Crippen LogP contribution is -2.30. The molecule has 0 spiro atoms. The van der Waals surface area contributed by atoms with Gasteiger partial charge in [-0.05, 0) is 42.8 Å². The summed E-state index contributed by atoms with van der Waals surface area (Å²) in [5, 5.41) is 13.7. The quantitative estimate of drug-likeness (QED) is 0.341. The summed E-state index contributed by atoms with van der Waals surface area (Å²) < 4.78 is 0. The first-order valence-electron chi connectivity index (χ1n) is 9.91. The third-order valence-electron chi connectivity index (χ3n) is 4.92. The van der Waals surface area contributed by atoms with Crippen LogP contribution in [0, 0.1) is 0 Å². The van der Waals surface area contributed by atoms with Gasteiger partial charge < -0.3 is 5.32 Å². The predicted octanol–water partition coefficient (Wildman–Crippen LogP) is 6.45. The number of aromatic nitrogens is 3. The van der Waals surface area contributed by atoms with Crippen LogP contribution < -0.4 is 5.32 Å². The molecular weight excluding hydrogens is 467 g/mol. The van der Waals surface area contributed by atoms with Crippen molar-refractivity contribution in [3.63, 3.8) is 0 Å². The van der Waals surface area contributed by atoms with E-state index in [4.69, 9.17) is 34.8 Å². The predicted molar refractivity (Wildman–Crippen MR) is 129 cm³/mol. The van der Waals surface area contributed by atoms with E-state index in [1.165, 1.54) is 4.80 Å². The largest absolute Gasteiger partial charge is 0.348 e. The second-order valence-electron chi connectivity index (χ2n) is 7.26. The van der Waals surface area contributed by atoms with E-state index in [1.54, 1.807) is 30.3 Å². The molecule has 3 aromatic carbocycles. The standard InChI is InChI=1S/C24H19Cl3N4O/c1-15(16-5-3-2-4-6-16)28-22(32)14-31-29-23(17-7-9-18(25)10-8-17)24(30-31)20-12-11-19(26)13-21(20)27/h2-13,15H,14H2,1H3,(H,28,32). The van der Waals surface area contributed by atoms with Crippen LogP contribution in [0.2, 0.25) is 15.1 Å². The van der Waals surface area contributed by atoms with Gasteiger partial charge in [0.15, 0.2) is 0 Å². The number of nitrogens with one attached hydrogen (secondary N) is 1. The number of hydrogen-bond donors (Lipinski definition) is 1. The normalized spacial score (nSPS) is 11.9. The molecule has 0 fully saturated rings. The average Bonchev–Trinajstić information content (AvgIpc) is 3.18. The molecular formula is C24H19Cl3N4O. The average molecular weight is 486 g/mol. The summed E-state index contributed by atoms with van der Waals surface area (Å²) in [6.45, 7) is 1.89. The van der Waals surface area contributed by atoms with E-state index >= 15 is 0 Å². The summed E-state index contributed by atoms with van der Waals surface area (Å²) in [5.41, 5.74) is 3.64. The van der Waals surface area contributed by atoms with Crippen molar-refractivity contribution >= 4 is 40.7 Å². The van der Waals surface area contributed by atoms with Gasteiger partial charge in [0.2, 0.25) is 5.91 Å². The Balaban J connectivity index is 1.64. The van der Waals surface area contributed by atoms with Crippen LogP contribution in [0.1, 0.15) is 18.5 Å². The number of amides is 1. The van der Waals surface area contributed by atoms with E-state index in [0.717, 1.165) is 11.1 Å². The zero-order valence-electron chi connectivity index (χ0n) is 17.1. The monoisotopic (exact) mass is 484 g/mol. The van der Waals surface area contributed by atoms with Gasteiger partial charge in [0.05, 0.1) is 11.1 Å². The van der Waals surface area contributed by atoms with Gasteiger partial charge in [-0.2, -0.15) is 15.0 Å². The molecule has 0 radical (unpaired) electrons. The minimum absolute atomic E-state index is 0.0387. The Morgan fingerprint density at radius 2 is 1.56 bits per heavy atom. The minimum atomic E-state index is -0.201. The zero-order chi connectivity index (χ0) is 22.7. The fourth-order valence-corrected chi connectivity index (χ4v) is 3.95. The molecule has 32 heavy (non-hydrogen) atoms. The van der Waals surface area contributed by atoms with Crippen LogP contribution in [0.3, 0.4) is 0 Å². The SMILES string of the molecule is CC(NC(=O)Cn1nc(-c2ccc(Cl)cc2)c(-c2ccc(Cl)cc2Cl)n1)c1ccccc1. The molecule has 4 rings (SSSR count). The molecule has 1 amide bonds. The van der Waals surface area contributed by atoms with Gasteiger partial charge in [0.1, 0.15) is 17.9 Å². The molecule has 1 heterocycles. The van der Waals surface area contributed by atoms with Crippen molar-refractivity contribution in [2.24, 2.45) is 0 Å². The smallest absolute Gasteiger partial charge is 0.244 e. The molecule has 162 valence electrons. The van der Waals surface area contributed by atoms with Crippen molar-refractivity contribution in [3.8, 4) is 22.5 Å². The number of rotatable bonds is 6. The molecule has 0 aliphatic heterocycles. The molecule has 0 aliphatic carbocycles. The van der Waals surface area contributed by atoms with Gasteiger partial charge in [-0.1, -0.05) is 77.3 Å². The van der Waals surface area contributed by atoms with Crippen LogP contribution in [0.15, 0.2) is 72.8 Å². The Labute approximate surface area is 200 Å². The molecule has 0 bridgehead atoms. The van der Waals surface area contributed by atoms with Gasteiger partial charge in [-0.3, -0.25) is 4.79 Å². The van der Waals surface area contributed by atoms with Crippen molar-refractivity contribution in [1.82, 2.24) is 20.3 Å². The molecule has 1 N–H and O–H groups in total. The fraction of sp³-hybridized carbons (Fsp3) is 0.125. The number of benzene rings is 3. The van der Waals surface area contributed by atoms with Gasteiger partial charge in [0.25, 0.3) is 0 Å². The zero-order valence-corrected chi connectivity index (χ0v) is 19.4. The molecule has 0 aliphatic rings. The highest BCUT2D eigenvalue weighted by atomic mass is 35.5. The number of nitrogens with zero attached hydrogens (tertiary/aromatic N) is 3. The topological polar surface area (TPSA) is 59.8 Å². The summed E-state index contributed by atoms with van der Waals surface area (Å²) in [5.74, 6) is -0.201. The van der Waals surface area contributed by atoms with Crippen LogP contribution >= 0.6 is 34.8 Å². The third kappa shape index (κ3) is 5.13. The van der Waals surface area contributed by atoms with Gasteiger partial charge >= 0.3 is 0 Å². The molecule has 5 nitrogen and oxygen atoms in total. The molecule has 1 unspecified atom stereocenters. The van der Waals surface area contributed by atoms with Crippen molar-refractivity contribution in [1.29, 1.82) is 0 Å². The molecule has 1 atom stereocenters. The number of hydrogen-bond acceptors (Lipinski definition) is 3. The summed E-state index contributed by atoms with van der Waals surface area (Å²) in [7, 11) is 0.